The van der Waals surface area contributed by atoms with Crippen molar-refractivity contribution >= 4 is 34.7 Å². The van der Waals surface area contributed by atoms with Crippen LogP contribution in [0.2, 0.25) is 0 Å². The van der Waals surface area contributed by atoms with E-state index in [1.165, 1.54) is 33.4 Å². The number of hydrogen-bond donors (Lipinski definition) is 1. The van der Waals surface area contributed by atoms with Crippen molar-refractivity contribution in [2.24, 2.45) is 9.98 Å². The first-order chi connectivity index (χ1) is 20.3. The molecule has 6 rings (SSSR count). The fourth-order valence-electron chi connectivity index (χ4n) is 7.21. The molecular formula is C37H41N3O2. The lowest BCUT2D eigenvalue weighted by atomic mass is 9.96. The molecule has 0 amide bonds. The predicted octanol–water partition coefficient (Wildman–Crippen LogP) is 8.67. The van der Waals surface area contributed by atoms with Crippen LogP contribution < -0.4 is 0 Å². The Morgan fingerprint density at radius 3 is 1.43 bits per heavy atom. The Morgan fingerprint density at radius 2 is 1.07 bits per heavy atom. The zero-order valence-corrected chi connectivity index (χ0v) is 26.2. The summed E-state index contributed by atoms with van der Waals surface area (Å²) in [4.78, 5) is 14.3. The molecule has 0 fully saturated rings. The third-order valence-electron chi connectivity index (χ3n) is 9.39. The van der Waals surface area contributed by atoms with E-state index in [2.05, 4.69) is 95.1 Å². The maximum Gasteiger partial charge on any atom is 0.223 e. The van der Waals surface area contributed by atoms with Crippen molar-refractivity contribution in [1.82, 2.24) is 4.98 Å². The Kier molecular flexibility index (Phi) is 7.28. The van der Waals surface area contributed by atoms with E-state index < -0.39 is 5.79 Å². The monoisotopic (exact) mass is 559 g/mol. The van der Waals surface area contributed by atoms with Crippen LogP contribution in [-0.4, -0.2) is 36.4 Å². The van der Waals surface area contributed by atoms with Gasteiger partial charge < -0.3 is 14.5 Å². The fourth-order valence-corrected chi connectivity index (χ4v) is 7.21. The topological polar surface area (TPSA) is 59.0 Å². The molecule has 216 valence electrons. The van der Waals surface area contributed by atoms with Gasteiger partial charge in [-0.05, 0) is 108 Å². The minimum Gasteiger partial charge on any atom is -0.355 e. The van der Waals surface area contributed by atoms with Crippen molar-refractivity contribution in [3.63, 3.8) is 0 Å². The molecule has 1 aromatic carbocycles. The van der Waals surface area contributed by atoms with Gasteiger partial charge in [-0.2, -0.15) is 0 Å². The number of benzene rings is 1. The van der Waals surface area contributed by atoms with Gasteiger partial charge >= 0.3 is 0 Å². The number of nitrogens with one attached hydrogen (secondary N) is 1. The lowest BCUT2D eigenvalue weighted by molar-refractivity contribution is -0.114. The minimum atomic E-state index is -1.10. The van der Waals surface area contributed by atoms with Crippen molar-refractivity contribution in [1.29, 1.82) is 0 Å². The van der Waals surface area contributed by atoms with Crippen molar-refractivity contribution in [3.05, 3.63) is 104 Å². The molecule has 1 N–H and O–H groups in total. The van der Waals surface area contributed by atoms with Crippen LogP contribution in [0.1, 0.15) is 88.0 Å². The summed E-state index contributed by atoms with van der Waals surface area (Å²) in [7, 11) is 3.44. The highest BCUT2D eigenvalue weighted by Crippen LogP contribution is 2.52. The molecular weight excluding hydrogens is 518 g/mol. The van der Waals surface area contributed by atoms with Gasteiger partial charge in [-0.25, -0.2) is 9.98 Å². The number of aromatic amines is 1. The first-order valence-electron chi connectivity index (χ1n) is 15.2. The summed E-state index contributed by atoms with van der Waals surface area (Å²) < 4.78 is 12.7. The van der Waals surface area contributed by atoms with E-state index in [0.717, 1.165) is 82.2 Å². The fraction of sp³-hybridized carbons (Fsp3) is 0.351. The molecule has 0 radical (unpaired) electrons. The summed E-state index contributed by atoms with van der Waals surface area (Å²) in [5, 5.41) is 0. The summed E-state index contributed by atoms with van der Waals surface area (Å²) in [5.74, 6) is -1.10. The minimum absolute atomic E-state index is 0.899. The number of aromatic nitrogens is 1. The summed E-state index contributed by atoms with van der Waals surface area (Å²) in [6.07, 6.45) is 12.5. The van der Waals surface area contributed by atoms with Crippen LogP contribution in [0.15, 0.2) is 80.1 Å². The van der Waals surface area contributed by atoms with Gasteiger partial charge in [-0.15, -0.1) is 0 Å². The van der Waals surface area contributed by atoms with Crippen LogP contribution in [0.4, 0.5) is 0 Å². The van der Waals surface area contributed by atoms with Crippen LogP contribution in [0, 0.1) is 0 Å². The molecule has 5 heteroatoms. The third kappa shape index (κ3) is 4.05. The van der Waals surface area contributed by atoms with Gasteiger partial charge in [0.05, 0.1) is 22.8 Å². The predicted molar refractivity (Wildman–Crippen MR) is 175 cm³/mol. The molecule has 4 aliphatic rings. The van der Waals surface area contributed by atoms with E-state index in [1.54, 1.807) is 14.2 Å². The van der Waals surface area contributed by atoms with Crippen molar-refractivity contribution < 1.29 is 9.47 Å². The van der Waals surface area contributed by atoms with Gasteiger partial charge in [-0.3, -0.25) is 0 Å². The van der Waals surface area contributed by atoms with Gasteiger partial charge in [-0.1, -0.05) is 52.0 Å². The van der Waals surface area contributed by atoms with E-state index in [0.29, 0.717) is 0 Å². The molecule has 42 heavy (non-hydrogen) atoms. The van der Waals surface area contributed by atoms with Crippen LogP contribution in [0.5, 0.6) is 0 Å². The SMILES string of the molecule is CCC1=C(C)C2=NC1=Cc1[nH]c(c(CC)c1CC)C=C1N=C(C=C3c4ccccc4C(=C2)C3(OC)OC)C(C)=C1CC. The molecule has 1 aliphatic carbocycles. The Balaban J connectivity index is 1.75. The lowest BCUT2D eigenvalue weighted by Gasteiger charge is -2.30. The lowest BCUT2D eigenvalue weighted by Crippen LogP contribution is -2.33. The van der Waals surface area contributed by atoms with Crippen molar-refractivity contribution in [3.8, 4) is 0 Å². The molecule has 2 aromatic rings. The zero-order valence-electron chi connectivity index (χ0n) is 26.2. The smallest absolute Gasteiger partial charge is 0.223 e. The number of allylic oxidation sites excluding steroid dienone is 6. The number of rotatable bonds is 6. The van der Waals surface area contributed by atoms with Gasteiger partial charge in [0, 0.05) is 36.8 Å². The van der Waals surface area contributed by atoms with Crippen LogP contribution in [0.3, 0.4) is 0 Å². The maximum absolute atomic E-state index is 6.34. The number of H-pyrrole nitrogens is 1. The largest absolute Gasteiger partial charge is 0.355 e. The van der Waals surface area contributed by atoms with E-state index in [4.69, 9.17) is 19.5 Å². The van der Waals surface area contributed by atoms with Gasteiger partial charge in [0.2, 0.25) is 5.79 Å². The summed E-state index contributed by atoms with van der Waals surface area (Å²) in [6.45, 7) is 13.3. The molecule has 5 nitrogen and oxygen atoms in total. The summed E-state index contributed by atoms with van der Waals surface area (Å²) in [5.41, 5.74) is 17.9. The van der Waals surface area contributed by atoms with E-state index in [1.807, 2.05) is 0 Å². The Bertz CT molecular complexity index is 1620. The van der Waals surface area contributed by atoms with E-state index >= 15 is 0 Å². The Labute approximate surface area is 249 Å². The van der Waals surface area contributed by atoms with E-state index in [-0.39, 0.29) is 0 Å². The highest BCUT2D eigenvalue weighted by molar-refractivity contribution is 6.21. The van der Waals surface area contributed by atoms with Gasteiger partial charge in [0.15, 0.2) is 0 Å². The third-order valence-corrected chi connectivity index (χ3v) is 9.39. The molecule has 8 bridgehead atoms. The number of nitrogens with zero attached hydrogens (tertiary/aromatic N) is 2. The number of ether oxygens (including phenoxy) is 2. The number of methoxy groups -OCH3 is 2. The highest BCUT2D eigenvalue weighted by atomic mass is 16.7. The van der Waals surface area contributed by atoms with Crippen molar-refractivity contribution in [2.45, 2.75) is 73.0 Å². The molecule has 3 aliphatic heterocycles. The number of fused-ring (bicyclic) bond motifs is 9. The normalized spacial score (nSPS) is 19.0. The summed E-state index contributed by atoms with van der Waals surface area (Å²) >= 11 is 0. The maximum atomic E-state index is 6.34. The second-order valence-corrected chi connectivity index (χ2v) is 11.3. The molecule has 1 aromatic heterocycles. The molecule has 0 spiro atoms. The standard InChI is InChI=1S/C37H41N3O2/c1-9-23-21(5)31-17-29-27-15-13-14-16-28(27)30(37(29,41-7)42-8)18-32-22(6)24(10-2)34(39-32)20-36-26(12-4)25(11-3)35(40-36)19-33(23)38-31/h13-20,40H,9-12H2,1-8H3. The quantitative estimate of drug-likeness (QED) is 0.360. The Morgan fingerprint density at radius 1 is 0.643 bits per heavy atom. The molecule has 0 saturated carbocycles. The van der Waals surface area contributed by atoms with Gasteiger partial charge in [0.1, 0.15) is 0 Å². The second-order valence-electron chi connectivity index (χ2n) is 11.3. The molecule has 0 unspecified atom stereocenters. The van der Waals surface area contributed by atoms with Gasteiger partial charge in [0.25, 0.3) is 0 Å². The first-order valence-corrected chi connectivity index (χ1v) is 15.2. The van der Waals surface area contributed by atoms with Crippen LogP contribution in [0.25, 0.3) is 23.3 Å². The zero-order chi connectivity index (χ0) is 29.8. The molecule has 0 saturated heterocycles. The highest BCUT2D eigenvalue weighted by Gasteiger charge is 2.48. The van der Waals surface area contributed by atoms with E-state index in [9.17, 15) is 0 Å². The average molecular weight is 560 g/mol. The average Bonchev–Trinajstić information content (AvgIpc) is 3.67. The Hall–Kier alpha value is -3.80. The number of aliphatic imine (C=N–C) groups is 2. The molecule has 4 heterocycles. The van der Waals surface area contributed by atoms with Crippen molar-refractivity contribution in [2.75, 3.05) is 14.2 Å². The number of hydrogen-bond acceptors (Lipinski definition) is 4. The van der Waals surface area contributed by atoms with Crippen LogP contribution >= 0.6 is 0 Å². The molecule has 0 atom stereocenters. The van der Waals surface area contributed by atoms with Crippen LogP contribution in [-0.2, 0) is 22.3 Å². The second kappa shape index (κ2) is 10.8. The first kappa shape index (κ1) is 28.3. The summed E-state index contributed by atoms with van der Waals surface area (Å²) in [6, 6.07) is 8.45.